The molecule has 0 aromatic heterocycles. The number of hydrogen-bond donors (Lipinski definition) is 2. The van der Waals surface area contributed by atoms with Crippen molar-refractivity contribution in [2.45, 2.75) is 52.1 Å². The highest BCUT2D eigenvalue weighted by Crippen LogP contribution is 2.27. The predicted octanol–water partition coefficient (Wildman–Crippen LogP) is 1.27. The van der Waals surface area contributed by atoms with Gasteiger partial charge in [-0.2, -0.15) is 0 Å². The largest absolute Gasteiger partial charge is 0.353 e. The van der Waals surface area contributed by atoms with Crippen molar-refractivity contribution in [3.63, 3.8) is 0 Å². The highest BCUT2D eigenvalue weighted by atomic mass is 16.2. The molecule has 0 aliphatic heterocycles. The molecule has 1 aliphatic rings. The Morgan fingerprint density at radius 1 is 1.43 bits per heavy atom. The van der Waals surface area contributed by atoms with Crippen LogP contribution in [-0.2, 0) is 4.79 Å². The molecule has 3 unspecified atom stereocenters. The average Bonchev–Trinajstić information content (AvgIpc) is 2.79. The quantitative estimate of drug-likeness (QED) is 0.699. The molecule has 14 heavy (non-hydrogen) atoms. The van der Waals surface area contributed by atoms with E-state index >= 15 is 0 Å². The van der Waals surface area contributed by atoms with Gasteiger partial charge in [0.2, 0.25) is 5.91 Å². The van der Waals surface area contributed by atoms with Crippen molar-refractivity contribution in [3.8, 4) is 0 Å². The van der Waals surface area contributed by atoms with Gasteiger partial charge in [0.25, 0.3) is 0 Å². The Balaban J connectivity index is 2.13. The van der Waals surface area contributed by atoms with Crippen LogP contribution in [0.25, 0.3) is 0 Å². The molecule has 3 atom stereocenters. The predicted molar refractivity (Wildman–Crippen MR) is 57.8 cm³/mol. The van der Waals surface area contributed by atoms with Gasteiger partial charge < -0.3 is 11.1 Å². The summed E-state index contributed by atoms with van der Waals surface area (Å²) in [6, 6.07) is 0.407. The first-order valence-corrected chi connectivity index (χ1v) is 5.56. The van der Waals surface area contributed by atoms with Gasteiger partial charge >= 0.3 is 0 Å². The van der Waals surface area contributed by atoms with E-state index in [0.29, 0.717) is 5.92 Å². The number of rotatable bonds is 5. The molecule has 0 radical (unpaired) electrons. The van der Waals surface area contributed by atoms with Crippen LogP contribution in [0.5, 0.6) is 0 Å². The van der Waals surface area contributed by atoms with Crippen molar-refractivity contribution >= 4 is 5.91 Å². The zero-order chi connectivity index (χ0) is 10.7. The molecule has 1 fully saturated rings. The lowest BCUT2D eigenvalue weighted by Crippen LogP contribution is -2.35. The third kappa shape index (κ3) is 3.66. The van der Waals surface area contributed by atoms with Crippen LogP contribution in [-0.4, -0.2) is 18.0 Å². The number of nitrogens with two attached hydrogens (primary N) is 1. The van der Waals surface area contributed by atoms with Crippen LogP contribution < -0.4 is 11.1 Å². The molecule has 0 aromatic carbocycles. The number of nitrogens with one attached hydrogen (secondary N) is 1. The van der Waals surface area contributed by atoms with Gasteiger partial charge in [-0.25, -0.2) is 0 Å². The Hall–Kier alpha value is -0.570. The van der Waals surface area contributed by atoms with E-state index in [4.69, 9.17) is 5.73 Å². The lowest BCUT2D eigenvalue weighted by Gasteiger charge is -2.14. The highest BCUT2D eigenvalue weighted by Gasteiger charge is 2.40. The molecule has 0 bridgehead atoms. The third-order valence-corrected chi connectivity index (χ3v) is 2.74. The second kappa shape index (κ2) is 4.78. The molecule has 82 valence electrons. The zero-order valence-corrected chi connectivity index (χ0v) is 9.42. The van der Waals surface area contributed by atoms with E-state index in [-0.39, 0.29) is 23.9 Å². The number of carbonyl (C=O) groups is 1. The van der Waals surface area contributed by atoms with Gasteiger partial charge in [0.05, 0.1) is 5.92 Å². The molecule has 3 heteroatoms. The van der Waals surface area contributed by atoms with E-state index in [0.717, 1.165) is 19.3 Å². The van der Waals surface area contributed by atoms with E-state index in [9.17, 15) is 4.79 Å². The van der Waals surface area contributed by atoms with Crippen LogP contribution >= 0.6 is 0 Å². The molecule has 1 rings (SSSR count). The molecular formula is C11H22N2O. The topological polar surface area (TPSA) is 55.1 Å². The Kier molecular flexibility index (Phi) is 3.93. The summed E-state index contributed by atoms with van der Waals surface area (Å²) in [5, 5.41) is 3.01. The smallest absolute Gasteiger partial charge is 0.224 e. The molecular weight excluding hydrogens is 176 g/mol. The molecule has 1 amide bonds. The second-order valence-corrected chi connectivity index (χ2v) is 4.89. The first-order valence-electron chi connectivity index (χ1n) is 5.56. The fourth-order valence-electron chi connectivity index (χ4n) is 1.52. The van der Waals surface area contributed by atoms with Gasteiger partial charge in [0.1, 0.15) is 0 Å². The maximum Gasteiger partial charge on any atom is 0.224 e. The SMILES string of the molecule is CC(C)CCC(C)NC(=O)C1CC1N. The molecule has 0 heterocycles. The zero-order valence-electron chi connectivity index (χ0n) is 9.42. The van der Waals surface area contributed by atoms with E-state index in [1.165, 1.54) is 0 Å². The fourth-order valence-corrected chi connectivity index (χ4v) is 1.52. The first kappa shape index (κ1) is 11.5. The molecule has 3 N–H and O–H groups in total. The van der Waals surface area contributed by atoms with Gasteiger partial charge in [0.15, 0.2) is 0 Å². The summed E-state index contributed by atoms with van der Waals surface area (Å²) in [6.45, 7) is 6.46. The summed E-state index contributed by atoms with van der Waals surface area (Å²) < 4.78 is 0. The minimum atomic E-state index is 0.0940. The van der Waals surface area contributed by atoms with Crippen LogP contribution in [0.1, 0.15) is 40.0 Å². The number of amides is 1. The summed E-state index contributed by atoms with van der Waals surface area (Å²) in [6.07, 6.45) is 3.09. The molecule has 0 spiro atoms. The number of hydrogen-bond acceptors (Lipinski definition) is 2. The highest BCUT2D eigenvalue weighted by molar-refractivity contribution is 5.82. The fraction of sp³-hybridized carbons (Fsp3) is 0.909. The molecule has 0 saturated heterocycles. The van der Waals surface area contributed by atoms with Gasteiger partial charge in [-0.1, -0.05) is 13.8 Å². The van der Waals surface area contributed by atoms with E-state index < -0.39 is 0 Å². The van der Waals surface area contributed by atoms with Crippen molar-refractivity contribution in [2.75, 3.05) is 0 Å². The summed E-state index contributed by atoms with van der Waals surface area (Å²) in [5.41, 5.74) is 5.60. The summed E-state index contributed by atoms with van der Waals surface area (Å²) in [5.74, 6) is 0.947. The monoisotopic (exact) mass is 198 g/mol. The minimum absolute atomic E-state index is 0.0940. The average molecular weight is 198 g/mol. The van der Waals surface area contributed by atoms with E-state index in [2.05, 4.69) is 26.1 Å². The van der Waals surface area contributed by atoms with E-state index in [1.54, 1.807) is 0 Å². The summed E-state index contributed by atoms with van der Waals surface area (Å²) in [7, 11) is 0. The number of carbonyl (C=O) groups excluding carboxylic acids is 1. The molecule has 1 aliphatic carbocycles. The van der Waals surface area contributed by atoms with Crippen LogP contribution in [0, 0.1) is 11.8 Å². The van der Waals surface area contributed by atoms with E-state index in [1.807, 2.05) is 0 Å². The Bertz CT molecular complexity index is 203. The minimum Gasteiger partial charge on any atom is -0.353 e. The third-order valence-electron chi connectivity index (χ3n) is 2.74. The van der Waals surface area contributed by atoms with Crippen molar-refractivity contribution in [1.82, 2.24) is 5.32 Å². The molecule has 0 aromatic rings. The van der Waals surface area contributed by atoms with Gasteiger partial charge in [-0.3, -0.25) is 4.79 Å². The van der Waals surface area contributed by atoms with Crippen LogP contribution in [0.2, 0.25) is 0 Å². The van der Waals surface area contributed by atoms with Gasteiger partial charge in [0, 0.05) is 12.1 Å². The molecule has 3 nitrogen and oxygen atoms in total. The Morgan fingerprint density at radius 2 is 2.00 bits per heavy atom. The standard InChI is InChI=1S/C11H22N2O/c1-7(2)4-5-8(3)13-11(14)9-6-10(9)12/h7-10H,4-6,12H2,1-3H3,(H,13,14). The Labute approximate surface area is 86.4 Å². The summed E-state index contributed by atoms with van der Waals surface area (Å²) >= 11 is 0. The van der Waals surface area contributed by atoms with Gasteiger partial charge in [-0.05, 0) is 32.1 Å². The van der Waals surface area contributed by atoms with Crippen molar-refractivity contribution in [3.05, 3.63) is 0 Å². The van der Waals surface area contributed by atoms with Crippen LogP contribution in [0.15, 0.2) is 0 Å². The lowest BCUT2D eigenvalue weighted by molar-refractivity contribution is -0.123. The Morgan fingerprint density at radius 3 is 2.43 bits per heavy atom. The van der Waals surface area contributed by atoms with Gasteiger partial charge in [-0.15, -0.1) is 0 Å². The molecule has 1 saturated carbocycles. The maximum atomic E-state index is 11.5. The normalized spacial score (nSPS) is 27.5. The van der Waals surface area contributed by atoms with Crippen LogP contribution in [0.3, 0.4) is 0 Å². The second-order valence-electron chi connectivity index (χ2n) is 4.89. The maximum absolute atomic E-state index is 11.5. The lowest BCUT2D eigenvalue weighted by atomic mass is 10.0. The van der Waals surface area contributed by atoms with Crippen LogP contribution in [0.4, 0.5) is 0 Å². The first-order chi connectivity index (χ1) is 6.50. The summed E-state index contributed by atoms with van der Waals surface area (Å²) in [4.78, 5) is 11.5. The van der Waals surface area contributed by atoms with Crippen molar-refractivity contribution < 1.29 is 4.79 Å². The van der Waals surface area contributed by atoms with Crippen molar-refractivity contribution in [2.24, 2.45) is 17.6 Å². The van der Waals surface area contributed by atoms with Crippen molar-refractivity contribution in [1.29, 1.82) is 0 Å².